The van der Waals surface area contributed by atoms with Gasteiger partial charge in [0.1, 0.15) is 11.5 Å². The van der Waals surface area contributed by atoms with E-state index in [1.807, 2.05) is 24.3 Å². The lowest BCUT2D eigenvalue weighted by atomic mass is 10.2. The van der Waals surface area contributed by atoms with Crippen LogP contribution >= 0.6 is 0 Å². The van der Waals surface area contributed by atoms with E-state index in [4.69, 9.17) is 14.0 Å². The second-order valence-corrected chi connectivity index (χ2v) is 5.02. The minimum atomic E-state index is -0.398. The Morgan fingerprint density at radius 3 is 2.56 bits per heavy atom. The number of esters is 1. The van der Waals surface area contributed by atoms with E-state index in [2.05, 4.69) is 14.9 Å². The highest BCUT2D eigenvalue weighted by Gasteiger charge is 2.13. The van der Waals surface area contributed by atoms with E-state index in [9.17, 15) is 4.79 Å². The maximum absolute atomic E-state index is 11.4. The molecule has 0 aliphatic heterocycles. The Bertz CT molecular complexity index is 858. The molecule has 25 heavy (non-hydrogen) atoms. The summed E-state index contributed by atoms with van der Waals surface area (Å²) in [6.07, 6.45) is 0. The number of carbonyl (C=O) groups excluding carboxylic acids is 1. The molecule has 128 valence electrons. The predicted molar refractivity (Wildman–Crippen MR) is 88.4 cm³/mol. The van der Waals surface area contributed by atoms with Gasteiger partial charge in [-0.25, -0.2) is 4.79 Å². The lowest BCUT2D eigenvalue weighted by molar-refractivity contribution is 0.0600. The summed E-state index contributed by atoms with van der Waals surface area (Å²) in [5.74, 6) is 1.60. The van der Waals surface area contributed by atoms with E-state index in [-0.39, 0.29) is 6.61 Å². The highest BCUT2D eigenvalue weighted by atomic mass is 16.5. The summed E-state index contributed by atoms with van der Waals surface area (Å²) in [5.41, 5.74) is 1.19. The van der Waals surface area contributed by atoms with Gasteiger partial charge in [0, 0.05) is 0 Å². The van der Waals surface area contributed by atoms with Crippen molar-refractivity contribution in [3.63, 3.8) is 0 Å². The number of aromatic nitrogens is 2. The quantitative estimate of drug-likeness (QED) is 0.637. The van der Waals surface area contributed by atoms with E-state index < -0.39 is 5.97 Å². The third-order valence-electron chi connectivity index (χ3n) is 3.45. The number of methoxy groups -OCH3 is 2. The fraction of sp³-hybridized carbons (Fsp3) is 0.167. The Morgan fingerprint density at radius 1 is 1.08 bits per heavy atom. The average molecular weight is 340 g/mol. The first-order valence-corrected chi connectivity index (χ1v) is 7.48. The molecule has 0 saturated heterocycles. The largest absolute Gasteiger partial charge is 0.496 e. The maximum atomic E-state index is 11.4. The molecule has 1 aromatic heterocycles. The zero-order chi connectivity index (χ0) is 17.6. The summed E-state index contributed by atoms with van der Waals surface area (Å²) in [6, 6.07) is 14.0. The van der Waals surface area contributed by atoms with Crippen LogP contribution in [-0.2, 0) is 11.3 Å². The topological polar surface area (TPSA) is 83.7 Å². The van der Waals surface area contributed by atoms with Crippen LogP contribution in [0.15, 0.2) is 53.1 Å². The van der Waals surface area contributed by atoms with Gasteiger partial charge in [-0.1, -0.05) is 17.3 Å². The highest BCUT2D eigenvalue weighted by molar-refractivity contribution is 5.89. The van der Waals surface area contributed by atoms with Crippen molar-refractivity contribution in [2.24, 2.45) is 0 Å². The van der Waals surface area contributed by atoms with E-state index in [0.29, 0.717) is 28.8 Å². The summed E-state index contributed by atoms with van der Waals surface area (Å²) in [4.78, 5) is 15.7. The minimum absolute atomic E-state index is 0.111. The third kappa shape index (κ3) is 3.77. The summed E-state index contributed by atoms with van der Waals surface area (Å²) in [7, 11) is 2.92. The van der Waals surface area contributed by atoms with Crippen molar-refractivity contribution in [3.05, 3.63) is 60.0 Å². The molecule has 0 N–H and O–H groups in total. The molecule has 0 amide bonds. The van der Waals surface area contributed by atoms with Gasteiger partial charge in [-0.05, 0) is 36.4 Å². The number of ether oxygens (including phenoxy) is 3. The first-order chi connectivity index (χ1) is 12.2. The molecule has 0 fully saturated rings. The molecule has 0 aliphatic rings. The van der Waals surface area contributed by atoms with Gasteiger partial charge >= 0.3 is 5.97 Å². The van der Waals surface area contributed by atoms with Gasteiger partial charge in [0.05, 0.1) is 25.3 Å². The first kappa shape index (κ1) is 16.5. The van der Waals surface area contributed by atoms with Gasteiger partial charge in [0.15, 0.2) is 6.61 Å². The van der Waals surface area contributed by atoms with Crippen molar-refractivity contribution in [1.82, 2.24) is 10.1 Å². The molecule has 3 rings (SSSR count). The molecule has 1 heterocycles. The average Bonchev–Trinajstić information content (AvgIpc) is 3.15. The van der Waals surface area contributed by atoms with Crippen molar-refractivity contribution < 1.29 is 23.5 Å². The Balaban J connectivity index is 1.67. The van der Waals surface area contributed by atoms with E-state index in [1.165, 1.54) is 7.11 Å². The Morgan fingerprint density at radius 2 is 1.84 bits per heavy atom. The minimum Gasteiger partial charge on any atom is -0.496 e. The monoisotopic (exact) mass is 340 g/mol. The summed E-state index contributed by atoms with van der Waals surface area (Å²) >= 11 is 0. The van der Waals surface area contributed by atoms with Crippen molar-refractivity contribution >= 4 is 5.97 Å². The highest BCUT2D eigenvalue weighted by Crippen LogP contribution is 2.27. The number of hydrogen-bond donors (Lipinski definition) is 0. The van der Waals surface area contributed by atoms with Gasteiger partial charge in [-0.15, -0.1) is 0 Å². The molecule has 3 aromatic rings. The normalized spacial score (nSPS) is 10.3. The van der Waals surface area contributed by atoms with Crippen LogP contribution in [0, 0.1) is 0 Å². The zero-order valence-corrected chi connectivity index (χ0v) is 13.8. The van der Waals surface area contributed by atoms with Gasteiger partial charge in [0.25, 0.3) is 5.89 Å². The Hall–Kier alpha value is -3.35. The first-order valence-electron chi connectivity index (χ1n) is 7.48. The van der Waals surface area contributed by atoms with Crippen LogP contribution in [0.5, 0.6) is 11.5 Å². The number of nitrogens with zero attached hydrogens (tertiary/aromatic N) is 2. The van der Waals surface area contributed by atoms with Gasteiger partial charge in [-0.2, -0.15) is 4.98 Å². The van der Waals surface area contributed by atoms with Crippen LogP contribution < -0.4 is 9.47 Å². The Kier molecular flexibility index (Phi) is 4.94. The van der Waals surface area contributed by atoms with Crippen LogP contribution in [-0.4, -0.2) is 30.3 Å². The molecule has 0 spiro atoms. The van der Waals surface area contributed by atoms with Crippen molar-refractivity contribution in [2.45, 2.75) is 6.61 Å². The molecule has 7 heteroatoms. The fourth-order valence-electron chi connectivity index (χ4n) is 2.20. The maximum Gasteiger partial charge on any atom is 0.337 e. The molecule has 2 aromatic carbocycles. The van der Waals surface area contributed by atoms with Gasteiger partial charge in [0.2, 0.25) is 5.82 Å². The number of rotatable bonds is 6. The van der Waals surface area contributed by atoms with Crippen LogP contribution in [0.3, 0.4) is 0 Å². The molecule has 7 nitrogen and oxygen atoms in total. The SMILES string of the molecule is COC(=O)c1ccc(OCc2nc(-c3ccccc3OC)no2)cc1. The number of carbonyl (C=O) groups is 1. The number of benzene rings is 2. The Labute approximate surface area is 144 Å². The van der Waals surface area contributed by atoms with Crippen LogP contribution in [0.1, 0.15) is 16.2 Å². The molecule has 0 aliphatic carbocycles. The van der Waals surface area contributed by atoms with E-state index >= 15 is 0 Å². The lowest BCUT2D eigenvalue weighted by Gasteiger charge is -2.04. The molecule has 0 atom stereocenters. The summed E-state index contributed by atoms with van der Waals surface area (Å²) in [6.45, 7) is 0.111. The zero-order valence-electron chi connectivity index (χ0n) is 13.8. The lowest BCUT2D eigenvalue weighted by Crippen LogP contribution is -2.01. The predicted octanol–water partition coefficient (Wildman–Crippen LogP) is 3.11. The van der Waals surface area contributed by atoms with Crippen molar-refractivity contribution in [3.8, 4) is 22.9 Å². The molecule has 0 radical (unpaired) electrons. The second-order valence-electron chi connectivity index (χ2n) is 5.02. The van der Waals surface area contributed by atoms with Crippen LogP contribution in [0.25, 0.3) is 11.4 Å². The molecular weight excluding hydrogens is 324 g/mol. The molecule has 0 bridgehead atoms. The summed E-state index contributed by atoms with van der Waals surface area (Å²) < 4.78 is 20.7. The van der Waals surface area contributed by atoms with E-state index in [1.54, 1.807) is 31.4 Å². The van der Waals surface area contributed by atoms with Gasteiger partial charge in [-0.3, -0.25) is 0 Å². The van der Waals surface area contributed by atoms with Crippen molar-refractivity contribution in [1.29, 1.82) is 0 Å². The molecular formula is C18H16N2O5. The fourth-order valence-corrected chi connectivity index (χ4v) is 2.20. The van der Waals surface area contributed by atoms with E-state index in [0.717, 1.165) is 5.56 Å². The third-order valence-corrected chi connectivity index (χ3v) is 3.45. The molecule has 0 saturated carbocycles. The summed E-state index contributed by atoms with van der Waals surface area (Å²) in [5, 5.41) is 3.95. The van der Waals surface area contributed by atoms with Crippen molar-refractivity contribution in [2.75, 3.05) is 14.2 Å². The molecule has 0 unspecified atom stereocenters. The second kappa shape index (κ2) is 7.48. The van der Waals surface area contributed by atoms with Gasteiger partial charge < -0.3 is 18.7 Å². The number of para-hydroxylation sites is 1. The van der Waals surface area contributed by atoms with Crippen LogP contribution in [0.4, 0.5) is 0 Å². The number of hydrogen-bond acceptors (Lipinski definition) is 7. The smallest absolute Gasteiger partial charge is 0.337 e. The standard InChI is InChI=1S/C18H16N2O5/c1-22-15-6-4-3-5-14(15)17-19-16(25-20-17)11-24-13-9-7-12(8-10-13)18(21)23-2/h3-10H,11H2,1-2H3. The van der Waals surface area contributed by atoms with Crippen LogP contribution in [0.2, 0.25) is 0 Å².